The van der Waals surface area contributed by atoms with Crippen LogP contribution < -0.4 is 0 Å². The summed E-state index contributed by atoms with van der Waals surface area (Å²) in [6.07, 6.45) is 2.65. The number of unbranched alkanes of at least 4 members (excludes halogenated alkanes) is 1. The van der Waals surface area contributed by atoms with Crippen molar-refractivity contribution in [1.29, 1.82) is 0 Å². The van der Waals surface area contributed by atoms with E-state index >= 15 is 0 Å². The fraction of sp³-hybridized carbons (Fsp3) is 1.00. The number of hydrogen-bond donors (Lipinski definition) is 0. The lowest BCUT2D eigenvalue weighted by Crippen LogP contribution is -2.58. The van der Waals surface area contributed by atoms with Crippen molar-refractivity contribution in [3.63, 3.8) is 0 Å². The molecule has 3 nitrogen and oxygen atoms in total. The van der Waals surface area contributed by atoms with E-state index in [2.05, 4.69) is 16.7 Å². The van der Waals surface area contributed by atoms with Crippen LogP contribution in [0.1, 0.15) is 19.8 Å². The van der Waals surface area contributed by atoms with Gasteiger partial charge in [0, 0.05) is 32.2 Å². The highest BCUT2D eigenvalue weighted by molar-refractivity contribution is 4.83. The van der Waals surface area contributed by atoms with Gasteiger partial charge in [0.05, 0.1) is 13.2 Å². The Bertz CT molecular complexity index is 175. The van der Waals surface area contributed by atoms with Gasteiger partial charge in [0.25, 0.3) is 0 Å². The van der Waals surface area contributed by atoms with Gasteiger partial charge < -0.3 is 9.64 Å². The molecule has 0 aromatic heterocycles. The standard InChI is InChI=1S/C11H22N2O/c1-2-3-4-12-5-6-13-7-8-14-10-11(13)9-12/h11H,2-10H2,1H3/t11-/m0/s1. The maximum atomic E-state index is 5.52. The molecule has 0 N–H and O–H groups in total. The van der Waals surface area contributed by atoms with Crippen molar-refractivity contribution in [3.05, 3.63) is 0 Å². The van der Waals surface area contributed by atoms with E-state index in [1.54, 1.807) is 0 Å². The fourth-order valence-electron chi connectivity index (χ4n) is 2.40. The second kappa shape index (κ2) is 5.10. The number of morpholine rings is 1. The molecule has 0 amide bonds. The molecule has 0 aliphatic carbocycles. The van der Waals surface area contributed by atoms with Crippen molar-refractivity contribution in [2.24, 2.45) is 0 Å². The van der Waals surface area contributed by atoms with Gasteiger partial charge in [-0.3, -0.25) is 4.90 Å². The summed E-state index contributed by atoms with van der Waals surface area (Å²) >= 11 is 0. The smallest absolute Gasteiger partial charge is 0.0634 e. The highest BCUT2D eigenvalue weighted by Gasteiger charge is 2.28. The molecule has 0 aromatic carbocycles. The minimum Gasteiger partial charge on any atom is -0.378 e. The normalized spacial score (nSPS) is 30.2. The summed E-state index contributed by atoms with van der Waals surface area (Å²) in [5.41, 5.74) is 0. The molecule has 0 bridgehead atoms. The van der Waals surface area contributed by atoms with Gasteiger partial charge in [0.2, 0.25) is 0 Å². The zero-order valence-corrected chi connectivity index (χ0v) is 9.24. The van der Waals surface area contributed by atoms with E-state index in [1.807, 2.05) is 0 Å². The summed E-state index contributed by atoms with van der Waals surface area (Å²) in [6.45, 7) is 10.3. The molecule has 2 aliphatic heterocycles. The first-order valence-electron chi connectivity index (χ1n) is 5.94. The lowest BCUT2D eigenvalue weighted by Gasteiger charge is -2.43. The summed E-state index contributed by atoms with van der Waals surface area (Å²) < 4.78 is 5.52. The van der Waals surface area contributed by atoms with Crippen LogP contribution in [0.5, 0.6) is 0 Å². The van der Waals surface area contributed by atoms with Gasteiger partial charge in [0.15, 0.2) is 0 Å². The van der Waals surface area contributed by atoms with Crippen LogP contribution in [-0.4, -0.2) is 61.8 Å². The summed E-state index contributed by atoms with van der Waals surface area (Å²) in [5.74, 6) is 0. The Morgan fingerprint density at radius 2 is 2.21 bits per heavy atom. The van der Waals surface area contributed by atoms with Crippen LogP contribution >= 0.6 is 0 Å². The molecule has 82 valence electrons. The lowest BCUT2D eigenvalue weighted by molar-refractivity contribution is -0.0446. The van der Waals surface area contributed by atoms with Crippen molar-refractivity contribution in [2.45, 2.75) is 25.8 Å². The van der Waals surface area contributed by atoms with Crippen LogP contribution in [0.25, 0.3) is 0 Å². The van der Waals surface area contributed by atoms with E-state index in [1.165, 1.54) is 39.0 Å². The molecule has 0 unspecified atom stereocenters. The third-order valence-electron chi connectivity index (χ3n) is 3.35. The minimum atomic E-state index is 0.675. The third kappa shape index (κ3) is 2.47. The molecule has 0 aromatic rings. The fourth-order valence-corrected chi connectivity index (χ4v) is 2.40. The molecule has 0 saturated carbocycles. The summed E-state index contributed by atoms with van der Waals surface area (Å²) in [5, 5.41) is 0. The van der Waals surface area contributed by atoms with Crippen molar-refractivity contribution >= 4 is 0 Å². The molecule has 0 radical (unpaired) electrons. The van der Waals surface area contributed by atoms with Gasteiger partial charge in [-0.15, -0.1) is 0 Å². The first-order valence-corrected chi connectivity index (χ1v) is 5.94. The molecule has 2 aliphatic rings. The van der Waals surface area contributed by atoms with Gasteiger partial charge in [0.1, 0.15) is 0 Å². The largest absolute Gasteiger partial charge is 0.378 e. The molecule has 2 heterocycles. The van der Waals surface area contributed by atoms with E-state index in [9.17, 15) is 0 Å². The number of nitrogens with zero attached hydrogens (tertiary/aromatic N) is 2. The van der Waals surface area contributed by atoms with Gasteiger partial charge in [-0.2, -0.15) is 0 Å². The Labute approximate surface area is 87.0 Å². The second-order valence-corrected chi connectivity index (χ2v) is 4.42. The van der Waals surface area contributed by atoms with E-state index in [0.29, 0.717) is 6.04 Å². The minimum absolute atomic E-state index is 0.675. The van der Waals surface area contributed by atoms with Crippen LogP contribution in [-0.2, 0) is 4.74 Å². The Balaban J connectivity index is 1.77. The quantitative estimate of drug-likeness (QED) is 0.667. The van der Waals surface area contributed by atoms with Crippen molar-refractivity contribution in [2.75, 3.05) is 45.9 Å². The van der Waals surface area contributed by atoms with Crippen molar-refractivity contribution in [1.82, 2.24) is 9.80 Å². The first kappa shape index (κ1) is 10.4. The van der Waals surface area contributed by atoms with E-state index < -0.39 is 0 Å². The molecule has 2 rings (SSSR count). The monoisotopic (exact) mass is 198 g/mol. The maximum Gasteiger partial charge on any atom is 0.0634 e. The predicted octanol–water partition coefficient (Wildman–Crippen LogP) is 0.803. The van der Waals surface area contributed by atoms with E-state index in [0.717, 1.165) is 19.8 Å². The Kier molecular flexibility index (Phi) is 3.79. The Morgan fingerprint density at radius 1 is 1.29 bits per heavy atom. The summed E-state index contributed by atoms with van der Waals surface area (Å²) in [7, 11) is 0. The summed E-state index contributed by atoms with van der Waals surface area (Å²) in [6, 6.07) is 0.675. The molecular formula is C11H22N2O. The molecule has 3 heteroatoms. The molecule has 2 fully saturated rings. The lowest BCUT2D eigenvalue weighted by atomic mass is 10.1. The average Bonchev–Trinajstić information content (AvgIpc) is 2.26. The molecule has 0 spiro atoms. The Morgan fingerprint density at radius 3 is 3.07 bits per heavy atom. The highest BCUT2D eigenvalue weighted by Crippen LogP contribution is 2.13. The molecule has 14 heavy (non-hydrogen) atoms. The van der Waals surface area contributed by atoms with Crippen molar-refractivity contribution < 1.29 is 4.74 Å². The van der Waals surface area contributed by atoms with Gasteiger partial charge in [-0.05, 0) is 13.0 Å². The van der Waals surface area contributed by atoms with Crippen LogP contribution in [0, 0.1) is 0 Å². The van der Waals surface area contributed by atoms with E-state index in [4.69, 9.17) is 4.74 Å². The third-order valence-corrected chi connectivity index (χ3v) is 3.35. The SMILES string of the molecule is CCCCN1CCN2CCOC[C@@H]2C1. The van der Waals surface area contributed by atoms with Crippen LogP contribution in [0.4, 0.5) is 0 Å². The topological polar surface area (TPSA) is 15.7 Å². The van der Waals surface area contributed by atoms with Crippen LogP contribution in [0.2, 0.25) is 0 Å². The van der Waals surface area contributed by atoms with Crippen molar-refractivity contribution in [3.8, 4) is 0 Å². The van der Waals surface area contributed by atoms with Crippen LogP contribution in [0.15, 0.2) is 0 Å². The zero-order valence-electron chi connectivity index (χ0n) is 9.24. The molecule has 2 saturated heterocycles. The highest BCUT2D eigenvalue weighted by atomic mass is 16.5. The number of rotatable bonds is 3. The Hall–Kier alpha value is -0.120. The number of fused-ring (bicyclic) bond motifs is 1. The predicted molar refractivity (Wildman–Crippen MR) is 57.5 cm³/mol. The first-order chi connectivity index (χ1) is 6.90. The van der Waals surface area contributed by atoms with Gasteiger partial charge in [-0.1, -0.05) is 13.3 Å². The van der Waals surface area contributed by atoms with E-state index in [-0.39, 0.29) is 0 Å². The van der Waals surface area contributed by atoms with Crippen LogP contribution in [0.3, 0.4) is 0 Å². The molecular weight excluding hydrogens is 176 g/mol. The zero-order chi connectivity index (χ0) is 9.80. The maximum absolute atomic E-state index is 5.52. The second-order valence-electron chi connectivity index (χ2n) is 4.42. The number of ether oxygens (including phenoxy) is 1. The molecule has 1 atom stereocenters. The van der Waals surface area contributed by atoms with Gasteiger partial charge in [-0.25, -0.2) is 0 Å². The van der Waals surface area contributed by atoms with Gasteiger partial charge >= 0.3 is 0 Å². The number of hydrogen-bond acceptors (Lipinski definition) is 3. The number of piperazine rings is 1. The summed E-state index contributed by atoms with van der Waals surface area (Å²) in [4.78, 5) is 5.19. The average molecular weight is 198 g/mol.